The minimum atomic E-state index is 0.0129. The predicted molar refractivity (Wildman–Crippen MR) is 164 cm³/mol. The molecule has 192 valence electrons. The van der Waals surface area contributed by atoms with Crippen molar-refractivity contribution in [3.8, 4) is 22.3 Å². The van der Waals surface area contributed by atoms with Gasteiger partial charge < -0.3 is 0 Å². The molecule has 0 saturated heterocycles. The van der Waals surface area contributed by atoms with Crippen molar-refractivity contribution in [3.63, 3.8) is 0 Å². The van der Waals surface area contributed by atoms with Crippen LogP contribution in [0.4, 0.5) is 0 Å². The van der Waals surface area contributed by atoms with Gasteiger partial charge in [-0.15, -0.1) is 0 Å². The minimum Gasteiger partial charge on any atom is -0.265 e. The number of fused-ring (bicyclic) bond motifs is 4. The number of rotatable bonds is 2. The van der Waals surface area contributed by atoms with Crippen LogP contribution < -0.4 is 0 Å². The minimum absolute atomic E-state index is 0.0129. The lowest BCUT2D eigenvalue weighted by Gasteiger charge is -2.23. The average molecular weight is 499 g/mol. The summed E-state index contributed by atoms with van der Waals surface area (Å²) in [6, 6.07) is 22.9. The maximum atomic E-state index is 4.32. The monoisotopic (exact) mass is 498 g/mol. The third-order valence-corrected chi connectivity index (χ3v) is 7.79. The summed E-state index contributed by atoms with van der Waals surface area (Å²) in [5.41, 5.74) is 10.1. The first kappa shape index (κ1) is 25.9. The highest BCUT2D eigenvalue weighted by molar-refractivity contribution is 5.98. The lowest BCUT2D eigenvalue weighted by molar-refractivity contribution is 0.591. The van der Waals surface area contributed by atoms with E-state index in [2.05, 4.69) is 126 Å². The molecule has 2 heteroatoms. The third kappa shape index (κ3) is 4.88. The van der Waals surface area contributed by atoms with Crippen molar-refractivity contribution >= 4 is 21.5 Å². The Bertz CT molecular complexity index is 1540. The van der Waals surface area contributed by atoms with E-state index >= 15 is 0 Å². The molecule has 0 saturated carbocycles. The second-order valence-electron chi connectivity index (χ2n) is 12.6. The van der Waals surface area contributed by atoms with Gasteiger partial charge in [-0.25, -0.2) is 0 Å². The molecule has 2 nitrogen and oxygen atoms in total. The summed E-state index contributed by atoms with van der Waals surface area (Å²) in [5, 5.41) is 5.05. The summed E-state index contributed by atoms with van der Waals surface area (Å²) in [7, 11) is 0. The fourth-order valence-electron chi connectivity index (χ4n) is 5.21. The Morgan fingerprint density at radius 1 is 0.474 bits per heavy atom. The quantitative estimate of drug-likeness (QED) is 0.242. The molecular formula is C36H38N2. The van der Waals surface area contributed by atoms with Gasteiger partial charge in [-0.05, 0) is 127 Å². The fourth-order valence-corrected chi connectivity index (χ4v) is 5.21. The third-order valence-electron chi connectivity index (χ3n) is 7.79. The van der Waals surface area contributed by atoms with Crippen molar-refractivity contribution in [1.82, 2.24) is 9.97 Å². The summed E-state index contributed by atoms with van der Waals surface area (Å²) >= 11 is 0. The SMILES string of the molecule is Cc1c2cc(C(C)(C)C)cc1c(-c1ccncc1)cc1cc(C(C)(C)C)cc(c(-c3ccncc3)c2)c1C. The van der Waals surface area contributed by atoms with E-state index in [1.54, 1.807) is 0 Å². The van der Waals surface area contributed by atoms with Gasteiger partial charge in [0.05, 0.1) is 0 Å². The molecule has 0 N–H and O–H groups in total. The number of aryl methyl sites for hydroxylation is 2. The molecule has 0 fully saturated rings. The summed E-state index contributed by atoms with van der Waals surface area (Å²) < 4.78 is 0. The van der Waals surface area contributed by atoms with Crippen LogP contribution in [0.5, 0.6) is 0 Å². The smallest absolute Gasteiger partial charge is 0.0273 e. The first-order valence-electron chi connectivity index (χ1n) is 13.5. The Kier molecular flexibility index (Phi) is 6.47. The summed E-state index contributed by atoms with van der Waals surface area (Å²) in [6.45, 7) is 18.3. The standard InChI is InChI=1S/C36H38N2/c1-23-27-17-29(35(3,4)5)21-31(23)33(25-9-13-37-14-10-25)20-28-18-30(36(6,7)8)22-32(24(28)2)34(19-27)26-11-15-38-16-12-26/h9-22H,1-8H3. The number of pyridine rings is 2. The van der Waals surface area contributed by atoms with Gasteiger partial charge in [-0.1, -0.05) is 65.8 Å². The number of aromatic nitrogens is 2. The number of benzene rings is 2. The molecule has 0 atom stereocenters. The molecule has 4 bridgehead atoms. The van der Waals surface area contributed by atoms with Crippen LogP contribution in [0.25, 0.3) is 43.8 Å². The topological polar surface area (TPSA) is 25.8 Å². The van der Waals surface area contributed by atoms with Crippen LogP contribution >= 0.6 is 0 Å². The largest absolute Gasteiger partial charge is 0.265 e. The Hall–Kier alpha value is -3.78. The van der Waals surface area contributed by atoms with Crippen molar-refractivity contribution in [2.24, 2.45) is 0 Å². The summed E-state index contributed by atoms with van der Waals surface area (Å²) in [4.78, 5) is 8.63. The maximum absolute atomic E-state index is 4.32. The van der Waals surface area contributed by atoms with E-state index < -0.39 is 0 Å². The first-order valence-corrected chi connectivity index (χ1v) is 13.5. The van der Waals surface area contributed by atoms with Gasteiger partial charge in [0, 0.05) is 24.8 Å². The summed E-state index contributed by atoms with van der Waals surface area (Å²) in [6.07, 6.45) is 7.57. The summed E-state index contributed by atoms with van der Waals surface area (Å²) in [5.74, 6) is 0. The van der Waals surface area contributed by atoms with Crippen molar-refractivity contribution in [3.05, 3.63) is 108 Å². The van der Waals surface area contributed by atoms with Gasteiger partial charge in [-0.2, -0.15) is 0 Å². The van der Waals surface area contributed by atoms with Gasteiger partial charge in [-0.3, -0.25) is 9.97 Å². The molecule has 5 rings (SSSR count). The van der Waals surface area contributed by atoms with Crippen molar-refractivity contribution < 1.29 is 0 Å². The van der Waals surface area contributed by atoms with E-state index in [4.69, 9.17) is 0 Å². The van der Waals surface area contributed by atoms with Gasteiger partial charge in [0.25, 0.3) is 0 Å². The van der Waals surface area contributed by atoms with E-state index in [-0.39, 0.29) is 10.8 Å². The van der Waals surface area contributed by atoms with Gasteiger partial charge in [0.2, 0.25) is 0 Å². The zero-order chi connectivity index (χ0) is 27.2. The van der Waals surface area contributed by atoms with E-state index in [1.807, 2.05) is 24.8 Å². The predicted octanol–water partition coefficient (Wildman–Crippen LogP) is 9.89. The Labute approximate surface area is 227 Å². The van der Waals surface area contributed by atoms with E-state index in [0.29, 0.717) is 0 Å². The van der Waals surface area contributed by atoms with Crippen LogP contribution in [0, 0.1) is 13.8 Å². The molecule has 0 aliphatic rings. The van der Waals surface area contributed by atoms with Crippen molar-refractivity contribution in [1.29, 1.82) is 0 Å². The molecule has 0 radical (unpaired) electrons. The normalized spacial score (nSPS) is 12.2. The molecule has 2 heterocycles. The lowest BCUT2D eigenvalue weighted by atomic mass is 9.81. The molecule has 0 aliphatic heterocycles. The van der Waals surface area contributed by atoms with Crippen LogP contribution in [-0.2, 0) is 10.8 Å². The molecule has 0 amide bonds. The highest BCUT2D eigenvalue weighted by atomic mass is 14.6. The Balaban J connectivity index is 2.11. The fraction of sp³-hybridized carbons (Fsp3) is 0.278. The maximum Gasteiger partial charge on any atom is 0.0273 e. The van der Waals surface area contributed by atoms with Crippen LogP contribution in [-0.4, -0.2) is 9.97 Å². The van der Waals surface area contributed by atoms with E-state index in [1.165, 1.54) is 66.1 Å². The van der Waals surface area contributed by atoms with Crippen molar-refractivity contribution in [2.45, 2.75) is 66.2 Å². The zero-order valence-electron chi connectivity index (χ0n) is 24.0. The Morgan fingerprint density at radius 3 is 1.13 bits per heavy atom. The van der Waals surface area contributed by atoms with E-state index in [9.17, 15) is 0 Å². The number of nitrogens with zero attached hydrogens (tertiary/aromatic N) is 2. The number of hydrogen-bond acceptors (Lipinski definition) is 2. The first-order chi connectivity index (χ1) is 17.9. The second-order valence-corrected chi connectivity index (χ2v) is 12.6. The zero-order valence-corrected chi connectivity index (χ0v) is 24.0. The van der Waals surface area contributed by atoms with E-state index in [0.717, 1.165) is 0 Å². The highest BCUT2D eigenvalue weighted by Gasteiger charge is 2.19. The van der Waals surface area contributed by atoms with Crippen LogP contribution in [0.3, 0.4) is 0 Å². The lowest BCUT2D eigenvalue weighted by Crippen LogP contribution is -2.11. The Morgan fingerprint density at radius 2 is 0.816 bits per heavy atom. The molecule has 0 unspecified atom stereocenters. The second kappa shape index (κ2) is 9.51. The van der Waals surface area contributed by atoms with Gasteiger partial charge >= 0.3 is 0 Å². The van der Waals surface area contributed by atoms with Gasteiger partial charge in [0.1, 0.15) is 0 Å². The highest BCUT2D eigenvalue weighted by Crippen LogP contribution is 2.39. The molecule has 38 heavy (non-hydrogen) atoms. The molecule has 5 aromatic rings. The molecule has 3 aromatic carbocycles. The van der Waals surface area contributed by atoms with Crippen LogP contribution in [0.1, 0.15) is 63.8 Å². The molecular weight excluding hydrogens is 460 g/mol. The van der Waals surface area contributed by atoms with Crippen LogP contribution in [0.15, 0.2) is 85.5 Å². The molecule has 0 spiro atoms. The molecule has 0 aliphatic carbocycles. The van der Waals surface area contributed by atoms with Crippen molar-refractivity contribution in [2.75, 3.05) is 0 Å². The number of hydrogen-bond donors (Lipinski definition) is 0. The molecule has 2 aromatic heterocycles. The van der Waals surface area contributed by atoms with Crippen LogP contribution in [0.2, 0.25) is 0 Å². The average Bonchev–Trinajstić information content (AvgIpc) is 2.87. The van der Waals surface area contributed by atoms with Gasteiger partial charge in [0.15, 0.2) is 0 Å².